The minimum absolute atomic E-state index is 0.326. The van der Waals surface area contributed by atoms with Gasteiger partial charge in [-0.25, -0.2) is 4.98 Å². The Morgan fingerprint density at radius 1 is 1.24 bits per heavy atom. The lowest BCUT2D eigenvalue weighted by Gasteiger charge is -2.06. The number of nitrogens with one attached hydrogen (secondary N) is 1. The largest absolute Gasteiger partial charge is 0.370 e. The Kier molecular flexibility index (Phi) is 6.37. The summed E-state index contributed by atoms with van der Waals surface area (Å²) in [7, 11) is 0. The van der Waals surface area contributed by atoms with Gasteiger partial charge >= 0.3 is 0 Å². The maximum atomic E-state index is 5.49. The molecule has 3 N–H and O–H groups in total. The van der Waals surface area contributed by atoms with Crippen molar-refractivity contribution in [3.05, 3.63) is 12.3 Å². The molecule has 0 saturated carbocycles. The molecule has 0 bridgehead atoms. The molecule has 1 aromatic heterocycles. The van der Waals surface area contributed by atoms with Gasteiger partial charge in [-0.15, -0.1) is 0 Å². The molecule has 0 unspecified atom stereocenters. The molecular formula is C13H24N4. The second-order valence-electron chi connectivity index (χ2n) is 4.82. The van der Waals surface area contributed by atoms with E-state index in [0.29, 0.717) is 5.95 Å². The van der Waals surface area contributed by atoms with Gasteiger partial charge in [-0.05, 0) is 18.4 Å². The van der Waals surface area contributed by atoms with Gasteiger partial charge in [-0.2, -0.15) is 4.98 Å². The van der Waals surface area contributed by atoms with Crippen LogP contribution in [0.4, 0.5) is 11.8 Å². The van der Waals surface area contributed by atoms with Crippen LogP contribution in [0.1, 0.15) is 46.0 Å². The van der Waals surface area contributed by atoms with E-state index >= 15 is 0 Å². The van der Waals surface area contributed by atoms with Crippen molar-refractivity contribution in [1.82, 2.24) is 9.97 Å². The zero-order valence-corrected chi connectivity index (χ0v) is 10.9. The highest BCUT2D eigenvalue weighted by atomic mass is 15.1. The summed E-state index contributed by atoms with van der Waals surface area (Å²) >= 11 is 0. The van der Waals surface area contributed by atoms with Crippen LogP contribution in [-0.4, -0.2) is 16.5 Å². The van der Waals surface area contributed by atoms with Crippen molar-refractivity contribution >= 4 is 11.8 Å². The molecule has 0 fully saturated rings. The van der Waals surface area contributed by atoms with Gasteiger partial charge in [0.1, 0.15) is 5.82 Å². The van der Waals surface area contributed by atoms with Crippen LogP contribution < -0.4 is 11.1 Å². The summed E-state index contributed by atoms with van der Waals surface area (Å²) in [6, 6.07) is 1.84. The topological polar surface area (TPSA) is 63.8 Å². The Labute approximate surface area is 104 Å². The highest BCUT2D eigenvalue weighted by Gasteiger charge is 1.96. The molecule has 0 saturated heterocycles. The molecule has 1 heterocycles. The van der Waals surface area contributed by atoms with E-state index in [9.17, 15) is 0 Å². The number of anilines is 2. The maximum absolute atomic E-state index is 5.49. The number of hydrogen-bond acceptors (Lipinski definition) is 4. The lowest BCUT2D eigenvalue weighted by atomic mass is 10.0. The molecule has 1 aromatic rings. The Balaban J connectivity index is 2.01. The highest BCUT2D eigenvalue weighted by Crippen LogP contribution is 2.09. The fourth-order valence-corrected chi connectivity index (χ4v) is 1.72. The van der Waals surface area contributed by atoms with Crippen LogP contribution >= 0.6 is 0 Å². The first-order valence-electron chi connectivity index (χ1n) is 6.51. The molecule has 96 valence electrons. The van der Waals surface area contributed by atoms with Crippen LogP contribution in [-0.2, 0) is 0 Å². The number of nitrogens with two attached hydrogens (primary N) is 1. The van der Waals surface area contributed by atoms with E-state index in [-0.39, 0.29) is 0 Å². The van der Waals surface area contributed by atoms with E-state index in [4.69, 9.17) is 5.73 Å². The Bertz CT molecular complexity index is 312. The van der Waals surface area contributed by atoms with Crippen molar-refractivity contribution < 1.29 is 0 Å². The molecule has 4 nitrogen and oxygen atoms in total. The van der Waals surface area contributed by atoms with Crippen LogP contribution in [0.3, 0.4) is 0 Å². The molecule has 0 spiro atoms. The van der Waals surface area contributed by atoms with E-state index in [1.165, 1.54) is 32.1 Å². The van der Waals surface area contributed by atoms with Crippen molar-refractivity contribution in [3.63, 3.8) is 0 Å². The molecule has 17 heavy (non-hydrogen) atoms. The Hall–Kier alpha value is -1.32. The predicted molar refractivity (Wildman–Crippen MR) is 72.9 cm³/mol. The second kappa shape index (κ2) is 7.87. The first-order chi connectivity index (χ1) is 8.18. The molecule has 0 atom stereocenters. The smallest absolute Gasteiger partial charge is 0.221 e. The zero-order valence-electron chi connectivity index (χ0n) is 10.9. The summed E-state index contributed by atoms with van der Waals surface area (Å²) in [5.41, 5.74) is 5.49. The molecule has 0 radical (unpaired) electrons. The fraction of sp³-hybridized carbons (Fsp3) is 0.692. The SMILES string of the molecule is CC(C)CCCCCCNc1ccnc(N)n1. The fourth-order valence-electron chi connectivity index (χ4n) is 1.72. The highest BCUT2D eigenvalue weighted by molar-refractivity contribution is 5.36. The number of rotatable bonds is 8. The first kappa shape index (κ1) is 13.7. The van der Waals surface area contributed by atoms with Crippen LogP contribution in [0, 0.1) is 5.92 Å². The molecular weight excluding hydrogens is 212 g/mol. The Morgan fingerprint density at radius 2 is 2.00 bits per heavy atom. The standard InChI is InChI=1S/C13H24N4/c1-11(2)7-5-3-4-6-9-15-12-8-10-16-13(14)17-12/h8,10-11H,3-7,9H2,1-2H3,(H3,14,15,16,17). The summed E-state index contributed by atoms with van der Waals surface area (Å²) in [4.78, 5) is 7.94. The van der Waals surface area contributed by atoms with Gasteiger partial charge in [0.15, 0.2) is 0 Å². The third-order valence-corrected chi connectivity index (χ3v) is 2.69. The molecule has 0 aliphatic heterocycles. The van der Waals surface area contributed by atoms with Gasteiger partial charge in [-0.1, -0.05) is 39.5 Å². The summed E-state index contributed by atoms with van der Waals surface area (Å²) in [5.74, 6) is 1.98. The number of nitrogen functional groups attached to an aromatic ring is 1. The molecule has 0 aromatic carbocycles. The van der Waals surface area contributed by atoms with Gasteiger partial charge in [0.05, 0.1) is 0 Å². The van der Waals surface area contributed by atoms with Crippen LogP contribution in [0.2, 0.25) is 0 Å². The van der Waals surface area contributed by atoms with Crippen LogP contribution in [0.5, 0.6) is 0 Å². The molecule has 0 aliphatic carbocycles. The number of hydrogen-bond donors (Lipinski definition) is 2. The summed E-state index contributed by atoms with van der Waals surface area (Å²) in [6.07, 6.45) is 8.15. The number of nitrogens with zero attached hydrogens (tertiary/aromatic N) is 2. The van der Waals surface area contributed by atoms with Crippen LogP contribution in [0.25, 0.3) is 0 Å². The molecule has 0 aliphatic rings. The molecule has 0 amide bonds. The normalized spacial score (nSPS) is 10.8. The van der Waals surface area contributed by atoms with E-state index < -0.39 is 0 Å². The van der Waals surface area contributed by atoms with Crippen LogP contribution in [0.15, 0.2) is 12.3 Å². The first-order valence-corrected chi connectivity index (χ1v) is 6.51. The van der Waals surface area contributed by atoms with Gasteiger partial charge in [0, 0.05) is 12.7 Å². The maximum Gasteiger partial charge on any atom is 0.221 e. The van der Waals surface area contributed by atoms with Crippen molar-refractivity contribution in [2.45, 2.75) is 46.0 Å². The summed E-state index contributed by atoms with van der Waals surface area (Å²) in [6.45, 7) is 5.51. The van der Waals surface area contributed by atoms with Crippen molar-refractivity contribution in [2.24, 2.45) is 5.92 Å². The van der Waals surface area contributed by atoms with Gasteiger partial charge in [0.2, 0.25) is 5.95 Å². The molecule has 1 rings (SSSR count). The Morgan fingerprint density at radius 3 is 2.71 bits per heavy atom. The molecule has 4 heteroatoms. The van der Waals surface area contributed by atoms with E-state index in [1.54, 1.807) is 6.20 Å². The summed E-state index contributed by atoms with van der Waals surface area (Å²) in [5, 5.41) is 3.25. The number of aromatic nitrogens is 2. The van der Waals surface area contributed by atoms with Crippen molar-refractivity contribution in [3.8, 4) is 0 Å². The van der Waals surface area contributed by atoms with Gasteiger partial charge in [-0.3, -0.25) is 0 Å². The average molecular weight is 236 g/mol. The second-order valence-corrected chi connectivity index (χ2v) is 4.82. The third-order valence-electron chi connectivity index (χ3n) is 2.69. The quantitative estimate of drug-likeness (QED) is 0.681. The minimum Gasteiger partial charge on any atom is -0.370 e. The van der Waals surface area contributed by atoms with E-state index in [2.05, 4.69) is 29.1 Å². The van der Waals surface area contributed by atoms with Gasteiger partial charge < -0.3 is 11.1 Å². The predicted octanol–water partition coefficient (Wildman–Crippen LogP) is 3.08. The zero-order chi connectivity index (χ0) is 12.5. The van der Waals surface area contributed by atoms with E-state index in [1.807, 2.05) is 6.07 Å². The van der Waals surface area contributed by atoms with Crippen molar-refractivity contribution in [2.75, 3.05) is 17.6 Å². The minimum atomic E-state index is 0.326. The lowest BCUT2D eigenvalue weighted by Crippen LogP contribution is -2.05. The van der Waals surface area contributed by atoms with E-state index in [0.717, 1.165) is 18.3 Å². The van der Waals surface area contributed by atoms with Gasteiger partial charge in [0.25, 0.3) is 0 Å². The number of unbranched alkanes of at least 4 members (excludes halogenated alkanes) is 3. The third kappa shape index (κ3) is 6.76. The van der Waals surface area contributed by atoms with Crippen molar-refractivity contribution in [1.29, 1.82) is 0 Å². The monoisotopic (exact) mass is 236 g/mol. The summed E-state index contributed by atoms with van der Waals surface area (Å²) < 4.78 is 0. The average Bonchev–Trinajstić information content (AvgIpc) is 2.27. The lowest BCUT2D eigenvalue weighted by molar-refractivity contribution is 0.523.